The molecule has 0 spiro atoms. The summed E-state index contributed by atoms with van der Waals surface area (Å²) in [5.41, 5.74) is 1.58. The van der Waals surface area contributed by atoms with Crippen LogP contribution in [0.15, 0.2) is 36.4 Å². The van der Waals surface area contributed by atoms with Gasteiger partial charge in [0, 0.05) is 5.56 Å². The summed E-state index contributed by atoms with van der Waals surface area (Å²) in [6.07, 6.45) is 0.799. The summed E-state index contributed by atoms with van der Waals surface area (Å²) in [4.78, 5) is 10.4. The number of benzene rings is 1. The van der Waals surface area contributed by atoms with Gasteiger partial charge >= 0.3 is 0 Å². The van der Waals surface area contributed by atoms with Gasteiger partial charge in [0.25, 0.3) is 0 Å². The van der Waals surface area contributed by atoms with Gasteiger partial charge in [-0.2, -0.15) is 0 Å². The van der Waals surface area contributed by atoms with Crippen molar-refractivity contribution in [2.24, 2.45) is 0 Å². The van der Waals surface area contributed by atoms with Crippen LogP contribution in [0.3, 0.4) is 0 Å². The fourth-order valence-corrected chi connectivity index (χ4v) is 0.884. The molecule has 13 heavy (non-hydrogen) atoms. The van der Waals surface area contributed by atoms with Crippen LogP contribution in [0, 0.1) is 0 Å². The summed E-state index contributed by atoms with van der Waals surface area (Å²) < 4.78 is 5.35. The first-order chi connectivity index (χ1) is 6.22. The largest absolute Gasteiger partial charge is 0.489 e. The van der Waals surface area contributed by atoms with E-state index in [9.17, 15) is 4.79 Å². The van der Waals surface area contributed by atoms with E-state index >= 15 is 0 Å². The minimum atomic E-state index is 0.488. The monoisotopic (exact) mass is 176 g/mol. The molecule has 0 aliphatic rings. The van der Waals surface area contributed by atoms with Crippen LogP contribution < -0.4 is 4.74 Å². The van der Waals surface area contributed by atoms with Crippen molar-refractivity contribution in [3.8, 4) is 5.75 Å². The van der Waals surface area contributed by atoms with Crippen LogP contribution in [0.1, 0.15) is 17.3 Å². The second-order valence-electron chi connectivity index (χ2n) is 2.94. The van der Waals surface area contributed by atoms with Gasteiger partial charge in [0.15, 0.2) is 0 Å². The average molecular weight is 176 g/mol. The molecule has 0 fully saturated rings. The van der Waals surface area contributed by atoms with Gasteiger partial charge in [0.2, 0.25) is 0 Å². The lowest BCUT2D eigenvalue weighted by Crippen LogP contribution is -1.97. The fraction of sp³-hybridized carbons (Fsp3) is 0.182. The van der Waals surface area contributed by atoms with Gasteiger partial charge in [-0.3, -0.25) is 4.79 Å². The predicted octanol–water partition coefficient (Wildman–Crippen LogP) is 2.45. The van der Waals surface area contributed by atoms with Gasteiger partial charge in [-0.05, 0) is 24.6 Å². The van der Waals surface area contributed by atoms with Crippen LogP contribution in [0.4, 0.5) is 0 Å². The molecule has 0 aliphatic carbocycles. The highest BCUT2D eigenvalue weighted by atomic mass is 16.5. The summed E-state index contributed by atoms with van der Waals surface area (Å²) in [5, 5.41) is 0. The van der Waals surface area contributed by atoms with Crippen LogP contribution in [0.25, 0.3) is 0 Å². The molecule has 0 unspecified atom stereocenters. The molecule has 0 N–H and O–H groups in total. The van der Waals surface area contributed by atoms with Crippen molar-refractivity contribution >= 4 is 6.29 Å². The third-order valence-corrected chi connectivity index (χ3v) is 1.48. The lowest BCUT2D eigenvalue weighted by Gasteiger charge is -2.05. The topological polar surface area (TPSA) is 26.3 Å². The molecular weight excluding hydrogens is 164 g/mol. The van der Waals surface area contributed by atoms with Crippen molar-refractivity contribution in [2.75, 3.05) is 6.61 Å². The Kier molecular flexibility index (Phi) is 3.26. The van der Waals surface area contributed by atoms with E-state index in [1.807, 2.05) is 13.0 Å². The maximum Gasteiger partial charge on any atom is 0.150 e. The minimum Gasteiger partial charge on any atom is -0.489 e. The molecule has 0 atom stereocenters. The quantitative estimate of drug-likeness (QED) is 0.520. The molecule has 0 radical (unpaired) electrons. The Hall–Kier alpha value is -1.57. The molecule has 0 saturated carbocycles. The minimum absolute atomic E-state index is 0.488. The summed E-state index contributed by atoms with van der Waals surface area (Å²) in [6, 6.07) is 7.05. The van der Waals surface area contributed by atoms with E-state index in [1.165, 1.54) is 0 Å². The zero-order valence-electron chi connectivity index (χ0n) is 7.62. The third-order valence-electron chi connectivity index (χ3n) is 1.48. The van der Waals surface area contributed by atoms with E-state index in [-0.39, 0.29) is 0 Å². The van der Waals surface area contributed by atoms with E-state index in [1.54, 1.807) is 18.2 Å². The number of hydrogen-bond donors (Lipinski definition) is 0. The van der Waals surface area contributed by atoms with Crippen molar-refractivity contribution < 1.29 is 9.53 Å². The number of carbonyl (C=O) groups is 1. The van der Waals surface area contributed by atoms with Crippen molar-refractivity contribution in [3.63, 3.8) is 0 Å². The highest BCUT2D eigenvalue weighted by Crippen LogP contribution is 2.12. The van der Waals surface area contributed by atoms with E-state index in [0.717, 1.165) is 11.9 Å². The second-order valence-corrected chi connectivity index (χ2v) is 2.94. The molecule has 0 amide bonds. The predicted molar refractivity (Wildman–Crippen MR) is 52.1 cm³/mol. The van der Waals surface area contributed by atoms with Crippen molar-refractivity contribution in [1.82, 2.24) is 0 Å². The molecule has 2 heteroatoms. The SMILES string of the molecule is C=C(C)COc1cccc(C=O)c1. The molecule has 0 aromatic heterocycles. The molecule has 1 aromatic rings. The molecule has 0 saturated heterocycles. The summed E-state index contributed by atoms with van der Waals surface area (Å²) >= 11 is 0. The van der Waals surface area contributed by atoms with Crippen molar-refractivity contribution in [3.05, 3.63) is 42.0 Å². The van der Waals surface area contributed by atoms with Gasteiger partial charge in [0.05, 0.1) is 0 Å². The fourth-order valence-electron chi connectivity index (χ4n) is 0.884. The highest BCUT2D eigenvalue weighted by molar-refractivity contribution is 5.75. The Bertz CT molecular complexity index is 316. The molecule has 2 nitrogen and oxygen atoms in total. The average Bonchev–Trinajstić information content (AvgIpc) is 2.15. The third kappa shape index (κ3) is 3.11. The lowest BCUT2D eigenvalue weighted by molar-refractivity contribution is 0.112. The van der Waals surface area contributed by atoms with Gasteiger partial charge in [-0.15, -0.1) is 0 Å². The van der Waals surface area contributed by atoms with Crippen LogP contribution >= 0.6 is 0 Å². The zero-order chi connectivity index (χ0) is 9.68. The number of carbonyl (C=O) groups excluding carboxylic acids is 1. The lowest BCUT2D eigenvalue weighted by atomic mass is 10.2. The first-order valence-electron chi connectivity index (χ1n) is 4.05. The second kappa shape index (κ2) is 4.45. The van der Waals surface area contributed by atoms with Gasteiger partial charge < -0.3 is 4.74 Å². The van der Waals surface area contributed by atoms with Gasteiger partial charge in [-0.1, -0.05) is 18.7 Å². The Morgan fingerprint density at radius 3 is 3.00 bits per heavy atom. The zero-order valence-corrected chi connectivity index (χ0v) is 7.62. The van der Waals surface area contributed by atoms with Crippen LogP contribution in [0.2, 0.25) is 0 Å². The van der Waals surface area contributed by atoms with Gasteiger partial charge in [0.1, 0.15) is 18.6 Å². The maximum atomic E-state index is 10.4. The Labute approximate surface area is 77.8 Å². The summed E-state index contributed by atoms with van der Waals surface area (Å²) in [6.45, 7) is 6.10. The summed E-state index contributed by atoms with van der Waals surface area (Å²) in [7, 11) is 0. The highest BCUT2D eigenvalue weighted by Gasteiger charge is 1.95. The number of ether oxygens (including phenoxy) is 1. The molecular formula is C11H12O2. The molecule has 68 valence electrons. The molecule has 1 rings (SSSR count). The molecule has 0 bridgehead atoms. The van der Waals surface area contributed by atoms with Crippen LogP contribution in [-0.2, 0) is 0 Å². The molecule has 0 heterocycles. The maximum absolute atomic E-state index is 10.4. The van der Waals surface area contributed by atoms with E-state index < -0.39 is 0 Å². The van der Waals surface area contributed by atoms with Crippen molar-refractivity contribution in [2.45, 2.75) is 6.92 Å². The number of hydrogen-bond acceptors (Lipinski definition) is 2. The van der Waals surface area contributed by atoms with E-state index in [4.69, 9.17) is 4.74 Å². The Balaban J connectivity index is 2.66. The number of aldehydes is 1. The normalized spacial score (nSPS) is 9.31. The Morgan fingerprint density at radius 1 is 1.62 bits per heavy atom. The van der Waals surface area contributed by atoms with E-state index in [0.29, 0.717) is 17.9 Å². The first-order valence-corrected chi connectivity index (χ1v) is 4.05. The number of rotatable bonds is 4. The molecule has 0 aliphatic heterocycles. The summed E-state index contributed by atoms with van der Waals surface area (Å²) in [5.74, 6) is 0.701. The van der Waals surface area contributed by atoms with E-state index in [2.05, 4.69) is 6.58 Å². The molecule has 1 aromatic carbocycles. The van der Waals surface area contributed by atoms with Crippen molar-refractivity contribution in [1.29, 1.82) is 0 Å². The van der Waals surface area contributed by atoms with Crippen LogP contribution in [-0.4, -0.2) is 12.9 Å². The first kappa shape index (κ1) is 9.52. The van der Waals surface area contributed by atoms with Gasteiger partial charge in [-0.25, -0.2) is 0 Å². The smallest absolute Gasteiger partial charge is 0.150 e. The Morgan fingerprint density at radius 2 is 2.38 bits per heavy atom. The van der Waals surface area contributed by atoms with Crippen LogP contribution in [0.5, 0.6) is 5.75 Å². The standard InChI is InChI=1S/C11H12O2/c1-9(2)8-13-11-5-3-4-10(6-11)7-12/h3-7H,1,8H2,2H3.